The zero-order valence-corrected chi connectivity index (χ0v) is 14.2. The zero-order valence-electron chi connectivity index (χ0n) is 14.2. The Morgan fingerprint density at radius 1 is 1.28 bits per heavy atom. The van der Waals surface area contributed by atoms with Gasteiger partial charge in [-0.25, -0.2) is 9.67 Å². The van der Waals surface area contributed by atoms with E-state index in [1.54, 1.807) is 18.5 Å². The molecular formula is C18H21N5O2. The summed E-state index contributed by atoms with van der Waals surface area (Å²) in [5.74, 6) is -0.0342. The second-order valence-electron chi connectivity index (χ2n) is 6.67. The van der Waals surface area contributed by atoms with Crippen molar-refractivity contribution in [2.45, 2.75) is 51.5 Å². The number of hydrogen-bond donors (Lipinski definition) is 1. The molecule has 1 aliphatic carbocycles. The van der Waals surface area contributed by atoms with Gasteiger partial charge < -0.3 is 5.11 Å². The van der Waals surface area contributed by atoms with Crippen LogP contribution in [0.1, 0.15) is 50.6 Å². The maximum absolute atomic E-state index is 12.6. The van der Waals surface area contributed by atoms with E-state index in [1.165, 1.54) is 17.2 Å². The molecule has 1 saturated carbocycles. The summed E-state index contributed by atoms with van der Waals surface area (Å²) in [6.07, 6.45) is 11.3. The zero-order chi connectivity index (χ0) is 17.4. The predicted octanol–water partition coefficient (Wildman–Crippen LogP) is 2.73. The molecule has 1 aliphatic rings. The Bertz CT molecular complexity index is 969. The third-order valence-corrected chi connectivity index (χ3v) is 4.88. The molecule has 3 heterocycles. The van der Waals surface area contributed by atoms with Crippen LogP contribution in [0.2, 0.25) is 0 Å². The van der Waals surface area contributed by atoms with Gasteiger partial charge in [-0.2, -0.15) is 0 Å². The molecule has 0 aliphatic heterocycles. The van der Waals surface area contributed by atoms with Crippen LogP contribution in [-0.4, -0.2) is 29.5 Å². The van der Waals surface area contributed by atoms with Crippen molar-refractivity contribution in [3.8, 4) is 17.0 Å². The fourth-order valence-corrected chi connectivity index (χ4v) is 3.54. The van der Waals surface area contributed by atoms with Crippen LogP contribution in [0.4, 0.5) is 0 Å². The molecular weight excluding hydrogens is 318 g/mol. The molecule has 0 aromatic carbocycles. The van der Waals surface area contributed by atoms with Crippen LogP contribution in [0.25, 0.3) is 16.9 Å². The smallest absolute Gasteiger partial charge is 0.261 e. The Balaban J connectivity index is 1.79. The van der Waals surface area contributed by atoms with Gasteiger partial charge in [0, 0.05) is 23.5 Å². The van der Waals surface area contributed by atoms with Gasteiger partial charge in [0.25, 0.3) is 5.56 Å². The van der Waals surface area contributed by atoms with Crippen LogP contribution >= 0.6 is 0 Å². The van der Waals surface area contributed by atoms with Crippen molar-refractivity contribution in [3.63, 3.8) is 0 Å². The largest absolute Gasteiger partial charge is 0.504 e. The summed E-state index contributed by atoms with van der Waals surface area (Å²) in [4.78, 5) is 16.9. The van der Waals surface area contributed by atoms with E-state index in [0.29, 0.717) is 29.3 Å². The van der Waals surface area contributed by atoms with Crippen molar-refractivity contribution in [1.29, 1.82) is 0 Å². The van der Waals surface area contributed by atoms with E-state index < -0.39 is 0 Å². The van der Waals surface area contributed by atoms with Crippen molar-refractivity contribution >= 4 is 5.65 Å². The Hall–Kier alpha value is -2.70. The average Bonchev–Trinajstić information content (AvgIpc) is 3.28. The number of aromatic hydroxyl groups is 1. The second kappa shape index (κ2) is 6.31. The third-order valence-electron chi connectivity index (χ3n) is 4.88. The van der Waals surface area contributed by atoms with Crippen molar-refractivity contribution in [3.05, 3.63) is 40.6 Å². The van der Waals surface area contributed by atoms with E-state index in [1.807, 2.05) is 17.8 Å². The Morgan fingerprint density at radius 2 is 2.08 bits per heavy atom. The second-order valence-corrected chi connectivity index (χ2v) is 6.67. The molecule has 0 radical (unpaired) electrons. The highest BCUT2D eigenvalue weighted by Crippen LogP contribution is 2.30. The molecule has 1 N–H and O–H groups in total. The summed E-state index contributed by atoms with van der Waals surface area (Å²) in [6, 6.07) is 1.99. The van der Waals surface area contributed by atoms with Crippen molar-refractivity contribution < 1.29 is 5.11 Å². The van der Waals surface area contributed by atoms with E-state index in [9.17, 15) is 9.90 Å². The molecule has 3 aromatic heterocycles. The molecule has 0 atom stereocenters. The molecule has 0 amide bonds. The molecule has 1 fully saturated rings. The summed E-state index contributed by atoms with van der Waals surface area (Å²) in [5, 5.41) is 18.8. The number of aryl methyl sites for hydroxylation is 1. The first kappa shape index (κ1) is 15.8. The van der Waals surface area contributed by atoms with Gasteiger partial charge in [0.2, 0.25) is 0 Å². The SMILES string of the molecule is CCCc1cnc2c(O)cc(-c3cn(C4CCCC4)nn3)cn2c1=O. The number of nitrogens with zero attached hydrogens (tertiary/aromatic N) is 5. The predicted molar refractivity (Wildman–Crippen MR) is 93.6 cm³/mol. The van der Waals surface area contributed by atoms with Crippen molar-refractivity contribution in [2.75, 3.05) is 0 Å². The normalized spacial score (nSPS) is 15.2. The monoisotopic (exact) mass is 339 g/mol. The van der Waals surface area contributed by atoms with E-state index in [-0.39, 0.29) is 17.0 Å². The molecule has 130 valence electrons. The van der Waals surface area contributed by atoms with Crippen LogP contribution in [0.3, 0.4) is 0 Å². The standard InChI is InChI=1S/C18H21N5O2/c1-2-5-12-9-19-17-16(24)8-13(10-22(17)18(12)25)15-11-23(21-20-15)14-6-3-4-7-14/h8-11,14,24H,2-7H2,1H3. The Morgan fingerprint density at radius 3 is 2.84 bits per heavy atom. The maximum Gasteiger partial charge on any atom is 0.261 e. The first-order valence-corrected chi connectivity index (χ1v) is 8.83. The summed E-state index contributed by atoms with van der Waals surface area (Å²) < 4.78 is 3.31. The van der Waals surface area contributed by atoms with Gasteiger partial charge in [-0.05, 0) is 25.3 Å². The quantitative estimate of drug-likeness (QED) is 0.790. The average molecular weight is 339 g/mol. The molecule has 7 nitrogen and oxygen atoms in total. The molecule has 4 rings (SSSR count). The highest BCUT2D eigenvalue weighted by molar-refractivity contribution is 5.65. The Kier molecular flexibility index (Phi) is 3.99. The minimum absolute atomic E-state index is 0.0342. The molecule has 7 heteroatoms. The van der Waals surface area contributed by atoms with Crippen LogP contribution in [0, 0.1) is 0 Å². The van der Waals surface area contributed by atoms with Gasteiger partial charge in [-0.15, -0.1) is 5.10 Å². The number of rotatable bonds is 4. The minimum atomic E-state index is -0.146. The van der Waals surface area contributed by atoms with Gasteiger partial charge >= 0.3 is 0 Å². The van der Waals surface area contributed by atoms with E-state index in [2.05, 4.69) is 15.3 Å². The molecule has 25 heavy (non-hydrogen) atoms. The van der Waals surface area contributed by atoms with Crippen LogP contribution in [0.5, 0.6) is 5.75 Å². The molecule has 0 unspecified atom stereocenters. The lowest BCUT2D eigenvalue weighted by Gasteiger charge is -2.08. The van der Waals surface area contributed by atoms with Gasteiger partial charge in [-0.1, -0.05) is 31.4 Å². The highest BCUT2D eigenvalue weighted by Gasteiger charge is 2.19. The molecule has 3 aromatic rings. The molecule has 0 bridgehead atoms. The highest BCUT2D eigenvalue weighted by atomic mass is 16.3. The summed E-state index contributed by atoms with van der Waals surface area (Å²) in [5.41, 5.74) is 2.07. The van der Waals surface area contributed by atoms with Gasteiger partial charge in [0.05, 0.1) is 12.2 Å². The minimum Gasteiger partial charge on any atom is -0.504 e. The summed E-state index contributed by atoms with van der Waals surface area (Å²) in [7, 11) is 0. The van der Waals surface area contributed by atoms with Crippen molar-refractivity contribution in [2.24, 2.45) is 0 Å². The first-order valence-electron chi connectivity index (χ1n) is 8.83. The third kappa shape index (κ3) is 2.79. The number of pyridine rings is 1. The van der Waals surface area contributed by atoms with Crippen molar-refractivity contribution in [1.82, 2.24) is 24.4 Å². The van der Waals surface area contributed by atoms with Gasteiger partial charge in [0.15, 0.2) is 11.4 Å². The molecule has 0 saturated heterocycles. The maximum atomic E-state index is 12.6. The molecule has 0 spiro atoms. The fourth-order valence-electron chi connectivity index (χ4n) is 3.54. The van der Waals surface area contributed by atoms with E-state index in [4.69, 9.17) is 0 Å². The van der Waals surface area contributed by atoms with Gasteiger partial charge in [0.1, 0.15) is 5.69 Å². The number of hydrogen-bond acceptors (Lipinski definition) is 5. The summed E-state index contributed by atoms with van der Waals surface area (Å²) >= 11 is 0. The lowest BCUT2D eigenvalue weighted by atomic mass is 10.2. The summed E-state index contributed by atoms with van der Waals surface area (Å²) in [6.45, 7) is 2.02. The fraction of sp³-hybridized carbons (Fsp3) is 0.444. The van der Waals surface area contributed by atoms with Crippen LogP contribution < -0.4 is 5.56 Å². The number of fused-ring (bicyclic) bond motifs is 1. The lowest BCUT2D eigenvalue weighted by Crippen LogP contribution is -2.19. The Labute approximate surface area is 145 Å². The van der Waals surface area contributed by atoms with Crippen LogP contribution in [0.15, 0.2) is 29.5 Å². The van der Waals surface area contributed by atoms with Crippen LogP contribution in [-0.2, 0) is 6.42 Å². The number of aromatic nitrogens is 5. The lowest BCUT2D eigenvalue weighted by molar-refractivity contribution is 0.454. The topological polar surface area (TPSA) is 85.3 Å². The van der Waals surface area contributed by atoms with E-state index in [0.717, 1.165) is 19.3 Å². The first-order chi connectivity index (χ1) is 12.2. The van der Waals surface area contributed by atoms with E-state index >= 15 is 0 Å². The van der Waals surface area contributed by atoms with Gasteiger partial charge in [-0.3, -0.25) is 9.20 Å².